The van der Waals surface area contributed by atoms with Gasteiger partial charge in [0.15, 0.2) is 11.5 Å². The van der Waals surface area contributed by atoms with Crippen molar-refractivity contribution in [1.29, 1.82) is 0 Å². The highest BCUT2D eigenvalue weighted by Crippen LogP contribution is 2.30. The number of hydrogen-bond donors (Lipinski definition) is 1. The van der Waals surface area contributed by atoms with Crippen LogP contribution in [0.2, 0.25) is 10.0 Å². The number of nitrogens with one attached hydrogen (secondary N) is 1. The van der Waals surface area contributed by atoms with Crippen LogP contribution in [0.3, 0.4) is 0 Å². The fraction of sp³-hybridized carbons (Fsp3) is 0.0870. The average molecular weight is 457 g/mol. The fourth-order valence-electron chi connectivity index (χ4n) is 2.71. The maximum atomic E-state index is 12.4. The van der Waals surface area contributed by atoms with Gasteiger partial charge in [-0.2, -0.15) is 5.10 Å². The summed E-state index contributed by atoms with van der Waals surface area (Å²) in [7, 11) is 1.45. The van der Waals surface area contributed by atoms with Gasteiger partial charge in [0.2, 0.25) is 0 Å². The molecule has 0 radical (unpaired) electrons. The molecule has 0 spiro atoms. The summed E-state index contributed by atoms with van der Waals surface area (Å²) < 4.78 is 10.7. The van der Waals surface area contributed by atoms with Crippen LogP contribution in [0.4, 0.5) is 0 Å². The van der Waals surface area contributed by atoms with E-state index in [1.54, 1.807) is 36.4 Å². The monoisotopic (exact) mass is 456 g/mol. The molecular weight excluding hydrogens is 439 g/mol. The van der Waals surface area contributed by atoms with E-state index in [4.69, 9.17) is 32.7 Å². The molecule has 0 aliphatic heterocycles. The number of carbonyl (C=O) groups excluding carboxylic acids is 2. The molecule has 6 nitrogen and oxygen atoms in total. The van der Waals surface area contributed by atoms with Gasteiger partial charge in [0.05, 0.1) is 23.9 Å². The number of rotatable bonds is 6. The third-order valence-corrected chi connectivity index (χ3v) is 4.86. The predicted molar refractivity (Wildman–Crippen MR) is 121 cm³/mol. The molecule has 3 aromatic rings. The van der Waals surface area contributed by atoms with E-state index < -0.39 is 5.97 Å². The van der Waals surface area contributed by atoms with Crippen molar-refractivity contribution < 1.29 is 19.1 Å². The molecular formula is C23H18Cl2N2O4. The number of esters is 1. The van der Waals surface area contributed by atoms with Gasteiger partial charge in [0.25, 0.3) is 5.91 Å². The molecule has 0 bridgehead atoms. The molecule has 0 aliphatic rings. The summed E-state index contributed by atoms with van der Waals surface area (Å²) in [6.07, 6.45) is 1.46. The molecule has 1 N–H and O–H groups in total. The molecule has 0 saturated carbocycles. The Morgan fingerprint density at radius 1 is 0.968 bits per heavy atom. The first-order chi connectivity index (χ1) is 14.9. The summed E-state index contributed by atoms with van der Waals surface area (Å²) in [6.45, 7) is 1.85. The number of carbonyl (C=O) groups is 2. The van der Waals surface area contributed by atoms with E-state index in [1.807, 2.05) is 19.1 Å². The lowest BCUT2D eigenvalue weighted by atomic mass is 10.1. The molecule has 8 heteroatoms. The molecule has 0 fully saturated rings. The highest BCUT2D eigenvalue weighted by atomic mass is 35.5. The SMILES string of the molecule is COc1cc(/C=N/NC(=O)c2ccccc2C)ccc1OC(=O)c1ccc(Cl)cc1Cl. The Morgan fingerprint density at radius 2 is 1.74 bits per heavy atom. The minimum absolute atomic E-state index is 0.178. The highest BCUT2D eigenvalue weighted by molar-refractivity contribution is 6.36. The van der Waals surface area contributed by atoms with E-state index in [9.17, 15) is 9.59 Å². The van der Waals surface area contributed by atoms with Crippen LogP contribution in [-0.2, 0) is 0 Å². The van der Waals surface area contributed by atoms with Crippen molar-refractivity contribution in [2.45, 2.75) is 6.92 Å². The van der Waals surface area contributed by atoms with Crippen molar-refractivity contribution in [3.63, 3.8) is 0 Å². The minimum atomic E-state index is -0.646. The molecule has 31 heavy (non-hydrogen) atoms. The zero-order valence-corrected chi connectivity index (χ0v) is 18.2. The molecule has 0 unspecified atom stereocenters. The number of nitrogens with zero attached hydrogens (tertiary/aromatic N) is 1. The predicted octanol–water partition coefficient (Wildman–Crippen LogP) is 5.29. The summed E-state index contributed by atoms with van der Waals surface area (Å²) >= 11 is 11.9. The number of ether oxygens (including phenoxy) is 2. The van der Waals surface area contributed by atoms with E-state index >= 15 is 0 Å². The fourth-order valence-corrected chi connectivity index (χ4v) is 3.20. The number of benzene rings is 3. The molecule has 1 amide bonds. The third kappa shape index (κ3) is 5.63. The molecule has 0 aliphatic carbocycles. The second-order valence-electron chi connectivity index (χ2n) is 6.44. The summed E-state index contributed by atoms with van der Waals surface area (Å²) in [5, 5.41) is 4.57. The summed E-state index contributed by atoms with van der Waals surface area (Å²) in [5.41, 5.74) is 4.69. The number of amides is 1. The Hall–Kier alpha value is -3.35. The van der Waals surface area contributed by atoms with Gasteiger partial charge in [-0.15, -0.1) is 0 Å². The molecule has 158 valence electrons. The van der Waals surface area contributed by atoms with Gasteiger partial charge in [-0.05, 0) is 60.5 Å². The minimum Gasteiger partial charge on any atom is -0.493 e. The molecule has 0 saturated heterocycles. The van der Waals surface area contributed by atoms with Crippen molar-refractivity contribution in [1.82, 2.24) is 5.43 Å². The van der Waals surface area contributed by atoms with Crippen LogP contribution in [0.1, 0.15) is 31.8 Å². The van der Waals surface area contributed by atoms with Crippen molar-refractivity contribution in [3.05, 3.63) is 93.0 Å². The maximum Gasteiger partial charge on any atom is 0.345 e. The second-order valence-corrected chi connectivity index (χ2v) is 7.28. The molecule has 3 rings (SSSR count). The molecule has 0 heterocycles. The van der Waals surface area contributed by atoms with E-state index in [0.29, 0.717) is 21.9 Å². The van der Waals surface area contributed by atoms with Gasteiger partial charge in [0, 0.05) is 10.6 Å². The lowest BCUT2D eigenvalue weighted by molar-refractivity contribution is 0.0729. The number of aryl methyl sites for hydroxylation is 1. The van der Waals surface area contributed by atoms with Crippen LogP contribution in [0.5, 0.6) is 11.5 Å². The number of hydrazone groups is 1. The standard InChI is InChI=1S/C23H18Cl2N2O4/c1-14-5-3-4-6-17(14)22(28)27-26-13-15-7-10-20(21(11-15)30-2)31-23(29)18-9-8-16(24)12-19(18)25/h3-13H,1-2H3,(H,27,28)/b26-13+. The zero-order valence-electron chi connectivity index (χ0n) is 16.7. The van der Waals surface area contributed by atoms with Gasteiger partial charge in [-0.1, -0.05) is 41.4 Å². The lowest BCUT2D eigenvalue weighted by Gasteiger charge is -2.10. The normalized spacial score (nSPS) is 10.7. The summed E-state index contributed by atoms with van der Waals surface area (Å²) in [6, 6.07) is 16.6. The van der Waals surface area contributed by atoms with Crippen LogP contribution in [0.15, 0.2) is 65.8 Å². The van der Waals surface area contributed by atoms with Gasteiger partial charge >= 0.3 is 5.97 Å². The Balaban J connectivity index is 1.71. The van der Waals surface area contributed by atoms with Crippen molar-refractivity contribution >= 4 is 41.3 Å². The van der Waals surface area contributed by atoms with Gasteiger partial charge in [0.1, 0.15) is 0 Å². The topological polar surface area (TPSA) is 77.0 Å². The van der Waals surface area contributed by atoms with Crippen LogP contribution in [-0.4, -0.2) is 25.2 Å². The third-order valence-electron chi connectivity index (χ3n) is 4.31. The number of halogens is 2. The quantitative estimate of drug-likeness (QED) is 0.236. The van der Waals surface area contributed by atoms with Crippen molar-refractivity contribution in [3.8, 4) is 11.5 Å². The smallest absolute Gasteiger partial charge is 0.345 e. The summed E-state index contributed by atoms with van der Waals surface area (Å²) in [5.74, 6) is -0.439. The van der Waals surface area contributed by atoms with Gasteiger partial charge < -0.3 is 9.47 Å². The first kappa shape index (κ1) is 22.3. The lowest BCUT2D eigenvalue weighted by Crippen LogP contribution is -2.18. The zero-order chi connectivity index (χ0) is 22.4. The van der Waals surface area contributed by atoms with Gasteiger partial charge in [-0.3, -0.25) is 4.79 Å². The molecule has 0 atom stereocenters. The highest BCUT2D eigenvalue weighted by Gasteiger charge is 2.16. The van der Waals surface area contributed by atoms with Gasteiger partial charge in [-0.25, -0.2) is 10.2 Å². The van der Waals surface area contributed by atoms with Crippen LogP contribution >= 0.6 is 23.2 Å². The first-order valence-electron chi connectivity index (χ1n) is 9.13. The van der Waals surface area contributed by atoms with Crippen LogP contribution < -0.4 is 14.9 Å². The number of hydrogen-bond acceptors (Lipinski definition) is 5. The van der Waals surface area contributed by atoms with E-state index in [-0.39, 0.29) is 22.2 Å². The average Bonchev–Trinajstić information content (AvgIpc) is 2.74. The Labute approximate surface area is 189 Å². The van der Waals surface area contributed by atoms with Crippen molar-refractivity contribution in [2.24, 2.45) is 5.10 Å². The second kappa shape index (κ2) is 10.1. The van der Waals surface area contributed by atoms with E-state index in [1.165, 1.54) is 25.5 Å². The van der Waals surface area contributed by atoms with E-state index in [2.05, 4.69) is 10.5 Å². The maximum absolute atomic E-state index is 12.4. The molecule has 3 aromatic carbocycles. The van der Waals surface area contributed by atoms with Crippen LogP contribution in [0, 0.1) is 6.92 Å². The molecule has 0 aromatic heterocycles. The van der Waals surface area contributed by atoms with E-state index in [0.717, 1.165) is 5.56 Å². The largest absolute Gasteiger partial charge is 0.493 e. The Kier molecular flexibility index (Phi) is 7.28. The first-order valence-corrected chi connectivity index (χ1v) is 9.89. The Bertz CT molecular complexity index is 1160. The van der Waals surface area contributed by atoms with Crippen LogP contribution in [0.25, 0.3) is 0 Å². The Morgan fingerprint density at radius 3 is 2.45 bits per heavy atom. The summed E-state index contributed by atoms with van der Waals surface area (Å²) in [4.78, 5) is 24.6. The number of methoxy groups -OCH3 is 1. The van der Waals surface area contributed by atoms with Crippen molar-refractivity contribution in [2.75, 3.05) is 7.11 Å².